The van der Waals surface area contributed by atoms with E-state index in [0.717, 1.165) is 21.5 Å². The summed E-state index contributed by atoms with van der Waals surface area (Å²) in [5.41, 5.74) is 2.80. The third kappa shape index (κ3) is 2.36. The van der Waals surface area contributed by atoms with Gasteiger partial charge in [-0.15, -0.1) is 6.58 Å². The normalized spacial score (nSPS) is 11.6. The van der Waals surface area contributed by atoms with Crippen LogP contribution in [0.1, 0.15) is 11.4 Å². The maximum absolute atomic E-state index is 13.0. The van der Waals surface area contributed by atoms with Crippen molar-refractivity contribution in [3.63, 3.8) is 0 Å². The van der Waals surface area contributed by atoms with Crippen LogP contribution in [0.3, 0.4) is 0 Å². The second kappa shape index (κ2) is 6.09. The number of hydrogen-bond acceptors (Lipinski definition) is 3. The Morgan fingerprint density at radius 3 is 2.44 bits per heavy atom. The van der Waals surface area contributed by atoms with E-state index in [1.54, 1.807) is 7.05 Å². The zero-order valence-electron chi connectivity index (χ0n) is 15.2. The number of rotatable bonds is 3. The van der Waals surface area contributed by atoms with E-state index in [4.69, 9.17) is 0 Å². The summed E-state index contributed by atoms with van der Waals surface area (Å²) in [4.78, 5) is 30.3. The van der Waals surface area contributed by atoms with Crippen molar-refractivity contribution in [3.8, 4) is 5.69 Å². The first-order valence-corrected chi connectivity index (χ1v) is 9.22. The van der Waals surface area contributed by atoms with Gasteiger partial charge in [0.1, 0.15) is 0 Å². The van der Waals surface area contributed by atoms with E-state index in [1.807, 2.05) is 47.1 Å². The fourth-order valence-electron chi connectivity index (χ4n) is 3.44. The fourth-order valence-corrected chi connectivity index (χ4v) is 3.70. The zero-order valence-corrected chi connectivity index (χ0v) is 16.8. The maximum Gasteiger partial charge on any atom is 0.332 e. The van der Waals surface area contributed by atoms with Crippen LogP contribution < -0.4 is 11.2 Å². The van der Waals surface area contributed by atoms with Crippen molar-refractivity contribution in [3.05, 3.63) is 73.6 Å². The van der Waals surface area contributed by atoms with E-state index in [1.165, 1.54) is 15.2 Å². The Morgan fingerprint density at radius 2 is 1.81 bits per heavy atom. The molecule has 0 spiro atoms. The van der Waals surface area contributed by atoms with Gasteiger partial charge in [0.05, 0.1) is 0 Å². The Morgan fingerprint density at radius 1 is 1.15 bits per heavy atom. The van der Waals surface area contributed by atoms with Gasteiger partial charge in [-0.05, 0) is 38.1 Å². The van der Waals surface area contributed by atoms with Crippen molar-refractivity contribution in [1.29, 1.82) is 0 Å². The molecule has 7 nitrogen and oxygen atoms in total. The van der Waals surface area contributed by atoms with E-state index in [9.17, 15) is 9.59 Å². The zero-order chi connectivity index (χ0) is 19.5. The summed E-state index contributed by atoms with van der Waals surface area (Å²) in [5, 5.41) is 0. The van der Waals surface area contributed by atoms with E-state index >= 15 is 0 Å². The number of allylic oxidation sites excluding steroid dienone is 1. The third-order valence-corrected chi connectivity index (χ3v) is 5.44. The Kier molecular flexibility index (Phi) is 3.96. The number of fused-ring (bicyclic) bond motifs is 3. The number of aryl methyl sites for hydroxylation is 2. The highest BCUT2D eigenvalue weighted by Crippen LogP contribution is 2.25. The molecule has 4 rings (SSSR count). The van der Waals surface area contributed by atoms with Gasteiger partial charge in [-0.3, -0.25) is 22.9 Å². The van der Waals surface area contributed by atoms with Gasteiger partial charge in [-0.25, -0.2) is 4.79 Å². The molecule has 4 aromatic rings. The molecule has 0 aliphatic rings. The lowest BCUT2D eigenvalue weighted by atomic mass is 10.3. The number of nitrogens with zero attached hydrogens (tertiary/aromatic N) is 5. The Bertz CT molecular complexity index is 1340. The smallest absolute Gasteiger partial charge is 0.283 e. The standard InChI is InChI=1S/C19H18BrN5O2/c1-5-10-23-17(26)15-16(22(4)19(23)27)21-18-24(11(2)12(3)25(15)18)14-8-6-13(20)7-9-14/h5-9H,1,10H2,2-4H3. The van der Waals surface area contributed by atoms with Crippen molar-refractivity contribution in [2.75, 3.05) is 0 Å². The van der Waals surface area contributed by atoms with Crippen molar-refractivity contribution >= 4 is 32.9 Å². The van der Waals surface area contributed by atoms with Crippen LogP contribution in [0.5, 0.6) is 0 Å². The minimum atomic E-state index is -0.405. The van der Waals surface area contributed by atoms with Gasteiger partial charge in [0.25, 0.3) is 5.56 Å². The lowest BCUT2D eigenvalue weighted by Gasteiger charge is -2.07. The summed E-state index contributed by atoms with van der Waals surface area (Å²) in [6, 6.07) is 7.86. The summed E-state index contributed by atoms with van der Waals surface area (Å²) in [6.45, 7) is 7.73. The van der Waals surface area contributed by atoms with Gasteiger partial charge < -0.3 is 0 Å². The van der Waals surface area contributed by atoms with Crippen LogP contribution >= 0.6 is 15.9 Å². The number of imidazole rings is 2. The van der Waals surface area contributed by atoms with Crippen LogP contribution in [0.25, 0.3) is 22.6 Å². The lowest BCUT2D eigenvalue weighted by Crippen LogP contribution is -2.39. The summed E-state index contributed by atoms with van der Waals surface area (Å²) < 4.78 is 7.38. The lowest BCUT2D eigenvalue weighted by molar-refractivity contribution is 0.667. The molecule has 0 amide bonds. The molecular weight excluding hydrogens is 410 g/mol. The molecule has 3 aromatic heterocycles. The van der Waals surface area contributed by atoms with Crippen LogP contribution in [0.4, 0.5) is 0 Å². The van der Waals surface area contributed by atoms with Gasteiger partial charge in [0, 0.05) is 35.1 Å². The molecule has 0 bridgehead atoms. The first kappa shape index (κ1) is 17.5. The second-order valence-electron chi connectivity index (χ2n) is 6.45. The molecule has 27 heavy (non-hydrogen) atoms. The van der Waals surface area contributed by atoms with Gasteiger partial charge in [-0.2, -0.15) is 4.98 Å². The number of benzene rings is 1. The number of halogens is 1. The van der Waals surface area contributed by atoms with Crippen LogP contribution in [-0.4, -0.2) is 23.1 Å². The minimum absolute atomic E-state index is 0.153. The molecule has 1 aromatic carbocycles. The largest absolute Gasteiger partial charge is 0.332 e. The Balaban J connectivity index is 2.20. The molecular formula is C19H18BrN5O2. The molecule has 0 aliphatic carbocycles. The van der Waals surface area contributed by atoms with Gasteiger partial charge in [-0.1, -0.05) is 22.0 Å². The molecule has 0 saturated carbocycles. The van der Waals surface area contributed by atoms with Crippen molar-refractivity contribution in [1.82, 2.24) is 23.1 Å². The Hall–Kier alpha value is -2.87. The number of hydrogen-bond donors (Lipinski definition) is 0. The van der Waals surface area contributed by atoms with Gasteiger partial charge in [0.2, 0.25) is 5.78 Å². The molecule has 0 atom stereocenters. The maximum atomic E-state index is 13.0. The van der Waals surface area contributed by atoms with E-state index in [2.05, 4.69) is 27.5 Å². The summed E-state index contributed by atoms with van der Waals surface area (Å²) in [6.07, 6.45) is 1.54. The van der Waals surface area contributed by atoms with E-state index < -0.39 is 5.69 Å². The first-order valence-electron chi connectivity index (χ1n) is 8.43. The van der Waals surface area contributed by atoms with Crippen molar-refractivity contribution in [2.45, 2.75) is 20.4 Å². The highest BCUT2D eigenvalue weighted by atomic mass is 79.9. The predicted octanol–water partition coefficient (Wildman–Crippen LogP) is 2.70. The van der Waals surface area contributed by atoms with E-state index in [-0.39, 0.29) is 12.1 Å². The molecule has 0 saturated heterocycles. The second-order valence-corrected chi connectivity index (χ2v) is 7.36. The highest BCUT2D eigenvalue weighted by Gasteiger charge is 2.22. The summed E-state index contributed by atoms with van der Waals surface area (Å²) in [7, 11) is 1.63. The van der Waals surface area contributed by atoms with Crippen LogP contribution in [0, 0.1) is 13.8 Å². The van der Waals surface area contributed by atoms with Crippen molar-refractivity contribution in [2.24, 2.45) is 7.05 Å². The quantitative estimate of drug-likeness (QED) is 0.472. The summed E-state index contributed by atoms with van der Waals surface area (Å²) >= 11 is 3.45. The van der Waals surface area contributed by atoms with Gasteiger partial charge >= 0.3 is 5.69 Å². The summed E-state index contributed by atoms with van der Waals surface area (Å²) in [5.74, 6) is 0.603. The Labute approximate surface area is 162 Å². The monoisotopic (exact) mass is 427 g/mol. The van der Waals surface area contributed by atoms with Crippen LogP contribution in [-0.2, 0) is 13.6 Å². The molecule has 0 fully saturated rings. The molecule has 3 heterocycles. The minimum Gasteiger partial charge on any atom is -0.283 e. The number of aromatic nitrogens is 5. The fraction of sp³-hybridized carbons (Fsp3) is 0.211. The van der Waals surface area contributed by atoms with Gasteiger partial charge in [0.15, 0.2) is 11.2 Å². The topological polar surface area (TPSA) is 66.2 Å². The van der Waals surface area contributed by atoms with Crippen LogP contribution in [0.2, 0.25) is 0 Å². The molecule has 0 N–H and O–H groups in total. The molecule has 138 valence electrons. The van der Waals surface area contributed by atoms with Crippen LogP contribution in [0.15, 0.2) is 51.0 Å². The molecule has 0 aliphatic heterocycles. The predicted molar refractivity (Wildman–Crippen MR) is 109 cm³/mol. The van der Waals surface area contributed by atoms with E-state index in [0.29, 0.717) is 16.9 Å². The molecule has 0 unspecified atom stereocenters. The molecule has 8 heteroatoms. The SMILES string of the molecule is C=CCn1c(=O)c2c(nc3n(-c4ccc(Br)cc4)c(C)c(C)n23)n(C)c1=O. The highest BCUT2D eigenvalue weighted by molar-refractivity contribution is 9.10. The first-order chi connectivity index (χ1) is 12.9. The average molecular weight is 428 g/mol. The third-order valence-electron chi connectivity index (χ3n) is 4.92. The van der Waals surface area contributed by atoms with Crippen molar-refractivity contribution < 1.29 is 0 Å². The average Bonchev–Trinajstić information content (AvgIpc) is 3.14. The molecule has 0 radical (unpaired) electrons.